The molecular weight excluding hydrogens is 765 g/mol. The van der Waals surface area contributed by atoms with Gasteiger partial charge in [-0.15, -0.1) is 0 Å². The van der Waals surface area contributed by atoms with Crippen molar-refractivity contribution in [2.24, 2.45) is 0 Å². The van der Waals surface area contributed by atoms with Crippen LogP contribution in [0, 0.1) is 27.7 Å². The highest BCUT2D eigenvalue weighted by atomic mass is 16.5. The van der Waals surface area contributed by atoms with Gasteiger partial charge in [0.15, 0.2) is 0 Å². The van der Waals surface area contributed by atoms with E-state index in [9.17, 15) is 0 Å². The maximum Gasteiger partial charge on any atom is 0.137 e. The summed E-state index contributed by atoms with van der Waals surface area (Å²) in [5, 5.41) is 8.91. The molecule has 7 rings (SSSR count). The molecule has 0 aliphatic heterocycles. The lowest BCUT2D eigenvalue weighted by molar-refractivity contribution is 0.0200. The molecule has 0 fully saturated rings. The Morgan fingerprint density at radius 2 is 0.951 bits per heavy atom. The standard InChI is InChI=1S/C52H56N2O7/c1-36-28-43(40-14-8-6-9-15-40)29-37(2)51(36)58-22-12-18-46-33-49(53-60-46)42-20-21-48(45(32-42)35-57-27-26-56-25-24-55-5)50-34-47(61-54-50)19-13-23-59-52-38(3)30-44(31-39(52)4)41-16-10-7-11-17-41/h6-11,14-17,20-21,28-34H,12-13,18-19,22-27,35H2,1-5H3. The fourth-order valence-electron chi connectivity index (χ4n) is 7.58. The Labute approximate surface area is 359 Å². The fourth-order valence-corrected chi connectivity index (χ4v) is 7.58. The number of benzene rings is 5. The van der Waals surface area contributed by atoms with Gasteiger partial charge < -0.3 is 32.7 Å². The third kappa shape index (κ3) is 11.6. The summed E-state index contributed by atoms with van der Waals surface area (Å²) in [6, 6.07) is 39.8. The zero-order chi connectivity index (χ0) is 42.4. The largest absolute Gasteiger partial charge is 0.493 e. The van der Waals surface area contributed by atoms with Gasteiger partial charge in [-0.2, -0.15) is 0 Å². The first kappa shape index (κ1) is 43.1. The summed E-state index contributed by atoms with van der Waals surface area (Å²) in [4.78, 5) is 0. The molecule has 0 aliphatic carbocycles. The van der Waals surface area contributed by atoms with Crippen molar-refractivity contribution in [3.05, 3.63) is 155 Å². The van der Waals surface area contributed by atoms with Crippen LogP contribution >= 0.6 is 0 Å². The van der Waals surface area contributed by atoms with Crippen LogP contribution in [0.3, 0.4) is 0 Å². The molecule has 0 saturated heterocycles. The van der Waals surface area contributed by atoms with Gasteiger partial charge in [-0.05, 0) is 121 Å². The van der Waals surface area contributed by atoms with Crippen molar-refractivity contribution in [2.75, 3.05) is 46.8 Å². The van der Waals surface area contributed by atoms with Gasteiger partial charge in [-0.25, -0.2) is 0 Å². The van der Waals surface area contributed by atoms with E-state index in [1.54, 1.807) is 7.11 Å². The van der Waals surface area contributed by atoms with Gasteiger partial charge in [-0.1, -0.05) is 83.1 Å². The second-order valence-corrected chi connectivity index (χ2v) is 15.4. The molecule has 0 bridgehead atoms. The predicted molar refractivity (Wildman–Crippen MR) is 240 cm³/mol. The number of ether oxygens (including phenoxy) is 5. The zero-order valence-electron chi connectivity index (χ0n) is 36.0. The highest BCUT2D eigenvalue weighted by Crippen LogP contribution is 2.33. The predicted octanol–water partition coefficient (Wildman–Crippen LogP) is 11.8. The molecule has 0 unspecified atom stereocenters. The first-order chi connectivity index (χ1) is 29.9. The van der Waals surface area contributed by atoms with Crippen molar-refractivity contribution in [1.29, 1.82) is 0 Å². The average molecular weight is 821 g/mol. The Morgan fingerprint density at radius 1 is 0.459 bits per heavy atom. The molecule has 61 heavy (non-hydrogen) atoms. The molecule has 0 aliphatic rings. The number of hydrogen-bond donors (Lipinski definition) is 0. The average Bonchev–Trinajstić information content (AvgIpc) is 3.96. The summed E-state index contributed by atoms with van der Waals surface area (Å²) in [5.74, 6) is 3.48. The smallest absolute Gasteiger partial charge is 0.137 e. The number of aromatic nitrogens is 2. The molecule has 316 valence electrons. The van der Waals surface area contributed by atoms with Crippen LogP contribution in [0.2, 0.25) is 0 Å². The minimum Gasteiger partial charge on any atom is -0.493 e. The molecule has 9 nitrogen and oxygen atoms in total. The first-order valence-corrected chi connectivity index (χ1v) is 21.1. The molecule has 5 aromatic carbocycles. The second kappa shape index (κ2) is 21.5. The van der Waals surface area contributed by atoms with Crippen molar-refractivity contribution in [2.45, 2.75) is 60.0 Å². The second-order valence-electron chi connectivity index (χ2n) is 15.4. The van der Waals surface area contributed by atoms with Crippen LogP contribution < -0.4 is 9.47 Å². The van der Waals surface area contributed by atoms with Gasteiger partial charge in [0.25, 0.3) is 0 Å². The zero-order valence-corrected chi connectivity index (χ0v) is 36.0. The Balaban J connectivity index is 0.958. The van der Waals surface area contributed by atoms with Crippen LogP contribution in [0.25, 0.3) is 44.8 Å². The van der Waals surface area contributed by atoms with Crippen molar-refractivity contribution < 1.29 is 32.7 Å². The Bertz CT molecular complexity index is 2410. The van der Waals surface area contributed by atoms with E-state index in [0.29, 0.717) is 59.1 Å². The van der Waals surface area contributed by atoms with Crippen LogP contribution in [0.4, 0.5) is 0 Å². The Morgan fingerprint density at radius 3 is 1.49 bits per heavy atom. The molecule has 0 N–H and O–H groups in total. The first-order valence-electron chi connectivity index (χ1n) is 21.1. The van der Waals surface area contributed by atoms with Crippen LogP contribution in [0.1, 0.15) is 52.2 Å². The van der Waals surface area contributed by atoms with Crippen LogP contribution in [-0.4, -0.2) is 57.1 Å². The van der Waals surface area contributed by atoms with Gasteiger partial charge in [0, 0.05) is 43.2 Å². The lowest BCUT2D eigenvalue weighted by Gasteiger charge is -2.14. The number of hydrogen-bond acceptors (Lipinski definition) is 9. The van der Waals surface area contributed by atoms with Gasteiger partial charge in [0.2, 0.25) is 0 Å². The summed E-state index contributed by atoms with van der Waals surface area (Å²) in [6.45, 7) is 11.9. The van der Waals surface area contributed by atoms with Crippen molar-refractivity contribution >= 4 is 0 Å². The van der Waals surface area contributed by atoms with Crippen LogP contribution in [0.5, 0.6) is 11.5 Å². The van der Waals surface area contributed by atoms with Crippen molar-refractivity contribution in [3.63, 3.8) is 0 Å². The van der Waals surface area contributed by atoms with Gasteiger partial charge in [0.1, 0.15) is 34.4 Å². The summed E-state index contributed by atoms with van der Waals surface area (Å²) < 4.78 is 41.0. The topological polar surface area (TPSA) is 98.2 Å². The SMILES string of the molecule is COCCOCCOCc1cc(-c2cc(CCCOc3c(C)cc(-c4ccccc4)cc3C)on2)ccc1-c1cc(CCCOc2c(C)cc(-c3ccccc3)cc2C)on1. The van der Waals surface area contributed by atoms with E-state index >= 15 is 0 Å². The number of aryl methyl sites for hydroxylation is 6. The summed E-state index contributed by atoms with van der Waals surface area (Å²) >= 11 is 0. The van der Waals surface area contributed by atoms with E-state index in [-0.39, 0.29) is 0 Å². The normalized spacial score (nSPS) is 11.3. The van der Waals surface area contributed by atoms with Crippen LogP contribution in [0.15, 0.2) is 124 Å². The van der Waals surface area contributed by atoms with E-state index in [1.165, 1.54) is 22.3 Å². The summed E-state index contributed by atoms with van der Waals surface area (Å²) in [7, 11) is 1.66. The van der Waals surface area contributed by atoms with Crippen molar-refractivity contribution in [3.8, 4) is 56.3 Å². The van der Waals surface area contributed by atoms with Gasteiger partial charge in [0.05, 0.1) is 46.2 Å². The lowest BCUT2D eigenvalue weighted by Crippen LogP contribution is -2.08. The Hall–Kier alpha value is -6.00. The monoisotopic (exact) mass is 820 g/mol. The number of nitrogens with zero attached hydrogens (tertiary/aromatic N) is 2. The van der Waals surface area contributed by atoms with E-state index in [0.717, 1.165) is 86.2 Å². The van der Waals surface area contributed by atoms with E-state index < -0.39 is 0 Å². The van der Waals surface area contributed by atoms with Gasteiger partial charge in [-0.3, -0.25) is 0 Å². The molecule has 0 spiro atoms. The number of methoxy groups -OCH3 is 1. The molecule has 2 heterocycles. The van der Waals surface area contributed by atoms with E-state index in [2.05, 4.69) is 123 Å². The quantitative estimate of drug-likeness (QED) is 0.0619. The van der Waals surface area contributed by atoms with Crippen LogP contribution in [-0.2, 0) is 33.7 Å². The summed E-state index contributed by atoms with van der Waals surface area (Å²) in [5.41, 5.74) is 13.6. The molecule has 0 radical (unpaired) electrons. The molecule has 9 heteroatoms. The maximum atomic E-state index is 6.29. The minimum atomic E-state index is 0.363. The highest BCUT2D eigenvalue weighted by Gasteiger charge is 2.16. The van der Waals surface area contributed by atoms with Crippen molar-refractivity contribution in [1.82, 2.24) is 10.3 Å². The third-order valence-corrected chi connectivity index (χ3v) is 10.6. The third-order valence-electron chi connectivity index (χ3n) is 10.6. The van der Waals surface area contributed by atoms with E-state index in [1.807, 2.05) is 30.3 Å². The molecular formula is C52H56N2O7. The Kier molecular flexibility index (Phi) is 15.2. The molecule has 7 aromatic rings. The fraction of sp³-hybridized carbons (Fsp3) is 0.308. The lowest BCUT2D eigenvalue weighted by atomic mass is 9.99. The summed E-state index contributed by atoms with van der Waals surface area (Å²) in [6.07, 6.45) is 2.98. The highest BCUT2D eigenvalue weighted by molar-refractivity contribution is 5.71. The molecule has 0 saturated carbocycles. The molecule has 0 amide bonds. The molecule has 2 aromatic heterocycles. The molecule has 0 atom stereocenters. The maximum absolute atomic E-state index is 6.29. The van der Waals surface area contributed by atoms with E-state index in [4.69, 9.17) is 32.7 Å². The number of rotatable bonds is 22. The minimum absolute atomic E-state index is 0.363. The van der Waals surface area contributed by atoms with Gasteiger partial charge >= 0.3 is 0 Å².